The molecule has 0 bridgehead atoms. The van der Waals surface area contributed by atoms with E-state index in [1.165, 1.54) is 44.1 Å². The summed E-state index contributed by atoms with van der Waals surface area (Å²) >= 11 is 1.44. The van der Waals surface area contributed by atoms with Crippen LogP contribution >= 0.6 is 12.0 Å². The predicted octanol–water partition coefficient (Wildman–Crippen LogP) is 8.81. The van der Waals surface area contributed by atoms with E-state index in [0.29, 0.717) is 29.3 Å². The molecule has 6 heteroatoms. The molecule has 1 aromatic rings. The number of benzene rings is 1. The summed E-state index contributed by atoms with van der Waals surface area (Å²) in [5.41, 5.74) is -0.300. The quantitative estimate of drug-likeness (QED) is 0.0950. The molecular weight excluding hydrogens is 484 g/mol. The highest BCUT2D eigenvalue weighted by molar-refractivity contribution is 7.94. The van der Waals surface area contributed by atoms with Crippen molar-refractivity contribution < 1.29 is 18.8 Å². The van der Waals surface area contributed by atoms with Crippen LogP contribution in [-0.2, 0) is 8.76 Å². The van der Waals surface area contributed by atoms with E-state index in [4.69, 9.17) is 13.6 Å². The molecule has 0 spiro atoms. The van der Waals surface area contributed by atoms with E-state index < -0.39 is 13.9 Å². The van der Waals surface area contributed by atoms with Gasteiger partial charge in [-0.05, 0) is 106 Å². The monoisotopic (exact) mass is 536 g/mol. The third-order valence-corrected chi connectivity index (χ3v) is 14.8. The predicted molar refractivity (Wildman–Crippen MR) is 154 cm³/mol. The number of aliphatic hydroxyl groups is 1. The highest BCUT2D eigenvalue weighted by Crippen LogP contribution is 2.60. The Hall–Kier alpha value is -0.533. The lowest BCUT2D eigenvalue weighted by atomic mass is 9.61. The van der Waals surface area contributed by atoms with Crippen LogP contribution in [0.15, 0.2) is 30.3 Å². The minimum atomic E-state index is -1.80. The molecule has 0 saturated heterocycles. The van der Waals surface area contributed by atoms with Crippen molar-refractivity contribution in [3.63, 3.8) is 0 Å². The highest BCUT2D eigenvalue weighted by atomic mass is 32.2. The van der Waals surface area contributed by atoms with Gasteiger partial charge in [0.25, 0.3) is 0 Å². The van der Waals surface area contributed by atoms with Crippen LogP contribution in [0.5, 0.6) is 5.75 Å². The third-order valence-electron chi connectivity index (χ3n) is 9.52. The van der Waals surface area contributed by atoms with Crippen LogP contribution < -0.4 is 4.89 Å². The molecule has 1 N–H and O–H groups in total. The second-order valence-corrected chi connectivity index (χ2v) is 19.3. The van der Waals surface area contributed by atoms with Gasteiger partial charge in [0.1, 0.15) is 0 Å². The van der Waals surface area contributed by atoms with E-state index in [1.807, 2.05) is 44.2 Å². The molecule has 3 rings (SSSR count). The van der Waals surface area contributed by atoms with Crippen molar-refractivity contribution in [1.29, 1.82) is 0 Å². The van der Waals surface area contributed by atoms with Gasteiger partial charge >= 0.3 is 0 Å². The van der Waals surface area contributed by atoms with Crippen molar-refractivity contribution in [2.45, 2.75) is 123 Å². The molecule has 5 atom stereocenters. The highest BCUT2D eigenvalue weighted by Gasteiger charge is 2.55. The van der Waals surface area contributed by atoms with Crippen LogP contribution in [0, 0.1) is 23.2 Å². The van der Waals surface area contributed by atoms with Gasteiger partial charge in [-0.25, -0.2) is 0 Å². The average molecular weight is 537 g/mol. The van der Waals surface area contributed by atoms with Gasteiger partial charge in [-0.2, -0.15) is 0 Å². The lowest BCUT2D eigenvalue weighted by Crippen LogP contribution is -2.50. The summed E-state index contributed by atoms with van der Waals surface area (Å²) in [7, 11) is -1.80. The summed E-state index contributed by atoms with van der Waals surface area (Å²) in [5, 5.41) is 10.6. The molecule has 0 aromatic heterocycles. The maximum absolute atomic E-state index is 10.3. The molecule has 2 aliphatic carbocycles. The van der Waals surface area contributed by atoms with E-state index >= 15 is 0 Å². The molecule has 3 unspecified atom stereocenters. The molecule has 2 fully saturated rings. The van der Waals surface area contributed by atoms with Gasteiger partial charge in [0.15, 0.2) is 14.1 Å². The van der Waals surface area contributed by atoms with Gasteiger partial charge in [-0.3, -0.25) is 0 Å². The Balaban J connectivity index is 1.68. The van der Waals surface area contributed by atoms with Crippen LogP contribution in [0.3, 0.4) is 0 Å². The van der Waals surface area contributed by atoms with Crippen LogP contribution in [-0.4, -0.2) is 30.9 Å². The second kappa shape index (κ2) is 12.1. The van der Waals surface area contributed by atoms with Crippen molar-refractivity contribution in [2.24, 2.45) is 23.2 Å². The summed E-state index contributed by atoms with van der Waals surface area (Å²) < 4.78 is 12.7. The second-order valence-electron chi connectivity index (χ2n) is 13.8. The number of hydrogen-bond acceptors (Lipinski definition) is 5. The first-order valence-electron chi connectivity index (χ1n) is 14.1. The topological polar surface area (TPSA) is 47.9 Å². The standard InChI is InChI=1S/C30H52O4SSi/c1-28(2,3)36(7,8)33-27-17-13-21-30(6)25(18-19-26(27)30)23(14-12-20-29(4,5)31)22-35-34-32-24-15-10-9-11-16-24/h9-11,15-16,23,25-27,31H,12-14,17-22H2,1-8H3/t23?,25?,26?,27-,30+/m0/s1. The van der Waals surface area contributed by atoms with Crippen molar-refractivity contribution in [2.75, 3.05) is 5.75 Å². The Morgan fingerprint density at radius 3 is 2.42 bits per heavy atom. The SMILES string of the molecule is CC(C)(O)CCCC(CSOOc1ccccc1)C1CCC2[C@@H](O[Si](C)(C)C(C)(C)C)CCC[C@]12C. The van der Waals surface area contributed by atoms with E-state index in [0.717, 1.165) is 30.8 Å². The van der Waals surface area contributed by atoms with Crippen LogP contribution in [0.25, 0.3) is 0 Å². The lowest BCUT2D eigenvalue weighted by Gasteiger charge is -2.50. The van der Waals surface area contributed by atoms with Crippen molar-refractivity contribution in [1.82, 2.24) is 0 Å². The van der Waals surface area contributed by atoms with Crippen LogP contribution in [0.2, 0.25) is 18.1 Å². The van der Waals surface area contributed by atoms with Crippen LogP contribution in [0.1, 0.15) is 92.9 Å². The third kappa shape index (κ3) is 7.75. The molecule has 0 amide bonds. The number of hydrogen-bond donors (Lipinski definition) is 1. The molecule has 1 aromatic carbocycles. The first-order valence-corrected chi connectivity index (χ1v) is 18.0. The number of rotatable bonds is 12. The van der Waals surface area contributed by atoms with Gasteiger partial charge in [0, 0.05) is 23.9 Å². The maximum atomic E-state index is 10.3. The molecule has 206 valence electrons. The van der Waals surface area contributed by atoms with E-state index in [1.54, 1.807) is 0 Å². The molecule has 36 heavy (non-hydrogen) atoms. The summed E-state index contributed by atoms with van der Waals surface area (Å²) in [4.78, 5) is 5.52. The van der Waals surface area contributed by atoms with Crippen molar-refractivity contribution in [3.8, 4) is 5.75 Å². The van der Waals surface area contributed by atoms with Crippen molar-refractivity contribution in [3.05, 3.63) is 30.3 Å². The average Bonchev–Trinajstić information content (AvgIpc) is 3.12. The molecule has 4 nitrogen and oxygen atoms in total. The smallest absolute Gasteiger partial charge is 0.192 e. The Labute approximate surface area is 226 Å². The zero-order chi connectivity index (χ0) is 26.6. The fourth-order valence-electron chi connectivity index (χ4n) is 6.48. The summed E-state index contributed by atoms with van der Waals surface area (Å²) in [6, 6.07) is 9.70. The Bertz CT molecular complexity index is 803. The summed E-state index contributed by atoms with van der Waals surface area (Å²) in [6.07, 6.45) is 9.71. The molecule has 0 heterocycles. The first kappa shape index (κ1) is 30.0. The van der Waals surface area contributed by atoms with E-state index in [-0.39, 0.29) is 5.04 Å². The number of fused-ring (bicyclic) bond motifs is 1. The van der Waals surface area contributed by atoms with Gasteiger partial charge in [-0.1, -0.05) is 58.7 Å². The van der Waals surface area contributed by atoms with Crippen molar-refractivity contribution >= 4 is 20.4 Å². The normalized spacial score (nSPS) is 28.1. The van der Waals surface area contributed by atoms with E-state index in [2.05, 4.69) is 40.8 Å². The fraction of sp³-hybridized carbons (Fsp3) is 0.800. The molecule has 0 radical (unpaired) electrons. The Morgan fingerprint density at radius 1 is 1.08 bits per heavy atom. The zero-order valence-electron chi connectivity index (χ0n) is 24.1. The van der Waals surface area contributed by atoms with E-state index in [9.17, 15) is 5.11 Å². The Morgan fingerprint density at radius 2 is 1.78 bits per heavy atom. The number of para-hydroxylation sites is 1. The fourth-order valence-corrected chi connectivity index (χ4v) is 8.63. The van der Waals surface area contributed by atoms with Crippen LogP contribution in [0.4, 0.5) is 0 Å². The molecular formula is C30H52O4SSi. The minimum absolute atomic E-state index is 0.241. The molecule has 0 aliphatic heterocycles. The summed E-state index contributed by atoms with van der Waals surface area (Å²) in [6.45, 7) is 18.3. The largest absolute Gasteiger partial charge is 0.414 e. The maximum Gasteiger partial charge on any atom is 0.192 e. The first-order chi connectivity index (χ1) is 16.7. The molecule has 2 saturated carbocycles. The van der Waals surface area contributed by atoms with Gasteiger partial charge in [-0.15, -0.1) is 4.33 Å². The summed E-state index contributed by atoms with van der Waals surface area (Å²) in [5.74, 6) is 3.49. The zero-order valence-corrected chi connectivity index (χ0v) is 26.0. The van der Waals surface area contributed by atoms with Gasteiger partial charge in [0.2, 0.25) is 0 Å². The minimum Gasteiger partial charge on any atom is -0.414 e. The Kier molecular flexibility index (Phi) is 10.1. The lowest BCUT2D eigenvalue weighted by molar-refractivity contribution is -0.0785. The van der Waals surface area contributed by atoms with Gasteiger partial charge < -0.3 is 14.4 Å². The molecule has 2 aliphatic rings. The van der Waals surface area contributed by atoms with Gasteiger partial charge in [0.05, 0.1) is 5.60 Å².